The van der Waals surface area contributed by atoms with Crippen molar-refractivity contribution in [2.24, 2.45) is 0 Å². The van der Waals surface area contributed by atoms with E-state index < -0.39 is 0 Å². The van der Waals surface area contributed by atoms with Crippen molar-refractivity contribution >= 4 is 33.9 Å². The number of nitrogens with zero attached hydrogens (tertiary/aromatic N) is 1. The van der Waals surface area contributed by atoms with Gasteiger partial charge >= 0.3 is 5.97 Å². The zero-order valence-corrected chi connectivity index (χ0v) is 16.1. The lowest BCUT2D eigenvalue weighted by molar-refractivity contribution is 0.0527. The van der Waals surface area contributed by atoms with Gasteiger partial charge in [-0.15, -0.1) is 11.3 Å². The second-order valence-electron chi connectivity index (χ2n) is 6.77. The topological polar surface area (TPSA) is 58.6 Å². The number of benzene rings is 1. The second kappa shape index (κ2) is 7.56. The molecule has 1 aromatic heterocycles. The van der Waals surface area contributed by atoms with Crippen molar-refractivity contribution in [3.63, 3.8) is 0 Å². The average molecular weight is 382 g/mol. The number of anilines is 2. The van der Waals surface area contributed by atoms with E-state index in [1.165, 1.54) is 11.3 Å². The number of rotatable bonds is 6. The first kappa shape index (κ1) is 17.8. The molecule has 1 aliphatic carbocycles. The molecule has 2 aromatic rings. The number of ether oxygens (including phenoxy) is 1. The van der Waals surface area contributed by atoms with Crippen LogP contribution in [0.3, 0.4) is 0 Å². The molecule has 5 nitrogen and oxygen atoms in total. The van der Waals surface area contributed by atoms with E-state index in [1.54, 1.807) is 6.92 Å². The van der Waals surface area contributed by atoms with Gasteiger partial charge in [0.25, 0.3) is 5.91 Å². The lowest BCUT2D eigenvalue weighted by Gasteiger charge is -2.17. The molecule has 1 aromatic carbocycles. The fraction of sp³-hybridized carbons (Fsp3) is 0.333. The molecule has 0 radical (unpaired) electrons. The van der Waals surface area contributed by atoms with Crippen molar-refractivity contribution in [3.8, 4) is 0 Å². The largest absolute Gasteiger partial charge is 0.462 e. The van der Waals surface area contributed by atoms with Crippen LogP contribution >= 0.6 is 11.3 Å². The van der Waals surface area contributed by atoms with Crippen LogP contribution in [0.25, 0.3) is 0 Å². The van der Waals surface area contributed by atoms with Crippen LogP contribution in [0.15, 0.2) is 41.8 Å². The smallest absolute Gasteiger partial charge is 0.341 e. The van der Waals surface area contributed by atoms with Gasteiger partial charge in [-0.05, 0) is 60.9 Å². The van der Waals surface area contributed by atoms with Crippen molar-refractivity contribution < 1.29 is 14.3 Å². The lowest BCUT2D eigenvalue weighted by Crippen LogP contribution is -2.19. The fourth-order valence-corrected chi connectivity index (χ4v) is 4.29. The van der Waals surface area contributed by atoms with Crippen LogP contribution < -0.4 is 10.2 Å². The molecule has 27 heavy (non-hydrogen) atoms. The first-order valence-corrected chi connectivity index (χ1v) is 10.1. The molecule has 1 saturated carbocycles. The molecule has 140 valence electrons. The van der Waals surface area contributed by atoms with E-state index in [0.717, 1.165) is 37.2 Å². The summed E-state index contributed by atoms with van der Waals surface area (Å²) in [5, 5.41) is 5.46. The zero-order chi connectivity index (χ0) is 18.8. The normalized spacial score (nSPS) is 15.8. The number of carbonyl (C=O) groups excluding carboxylic acids is 2. The minimum atomic E-state index is -0.354. The Bertz CT molecular complexity index is 873. The Morgan fingerprint density at radius 2 is 1.89 bits per heavy atom. The van der Waals surface area contributed by atoms with E-state index in [1.807, 2.05) is 29.6 Å². The van der Waals surface area contributed by atoms with Crippen molar-refractivity contribution in [2.75, 3.05) is 29.9 Å². The second-order valence-corrected chi connectivity index (χ2v) is 7.65. The average Bonchev–Trinajstić information content (AvgIpc) is 3.20. The SMILES string of the molecule is CCOC(=O)c1c(C2CC2)csc1NC(=O)c1ccc(N2CC=CC2)cc1. The predicted octanol–water partition coefficient (Wildman–Crippen LogP) is 4.43. The van der Waals surface area contributed by atoms with Gasteiger partial charge in [-0.25, -0.2) is 4.79 Å². The molecule has 2 aliphatic rings. The van der Waals surface area contributed by atoms with Crippen LogP contribution in [-0.2, 0) is 4.74 Å². The molecule has 0 bridgehead atoms. The summed E-state index contributed by atoms with van der Waals surface area (Å²) < 4.78 is 5.21. The Morgan fingerprint density at radius 3 is 2.52 bits per heavy atom. The molecule has 2 heterocycles. The van der Waals surface area contributed by atoms with Crippen LogP contribution in [-0.4, -0.2) is 31.6 Å². The van der Waals surface area contributed by atoms with Gasteiger partial charge < -0.3 is 15.0 Å². The van der Waals surface area contributed by atoms with E-state index in [9.17, 15) is 9.59 Å². The monoisotopic (exact) mass is 382 g/mol. The van der Waals surface area contributed by atoms with Crippen molar-refractivity contribution in [1.29, 1.82) is 0 Å². The summed E-state index contributed by atoms with van der Waals surface area (Å²) in [4.78, 5) is 27.3. The number of nitrogens with one attached hydrogen (secondary N) is 1. The van der Waals surface area contributed by atoms with Gasteiger partial charge in [0, 0.05) is 24.3 Å². The number of carbonyl (C=O) groups is 2. The molecule has 0 saturated heterocycles. The Balaban J connectivity index is 1.51. The van der Waals surface area contributed by atoms with Crippen LogP contribution in [0, 0.1) is 0 Å². The van der Waals surface area contributed by atoms with Gasteiger partial charge in [0.1, 0.15) is 5.00 Å². The van der Waals surface area contributed by atoms with E-state index in [2.05, 4.69) is 22.4 Å². The minimum Gasteiger partial charge on any atom is -0.462 e. The molecule has 1 amide bonds. The number of thiophene rings is 1. The van der Waals surface area contributed by atoms with Crippen molar-refractivity contribution in [3.05, 3.63) is 58.5 Å². The first-order valence-electron chi connectivity index (χ1n) is 9.27. The highest BCUT2D eigenvalue weighted by Gasteiger charge is 2.32. The fourth-order valence-electron chi connectivity index (χ4n) is 3.26. The third-order valence-electron chi connectivity index (χ3n) is 4.86. The molecular weight excluding hydrogens is 360 g/mol. The maximum absolute atomic E-state index is 12.7. The standard InChI is InChI=1S/C21H22N2O3S/c1-2-26-21(25)18-17(14-5-6-14)13-27-20(18)22-19(24)15-7-9-16(10-8-15)23-11-3-4-12-23/h3-4,7-10,13-14H,2,5-6,11-12H2,1H3,(H,22,24). The Labute approximate surface area is 162 Å². The number of amides is 1. The molecule has 6 heteroatoms. The van der Waals surface area contributed by atoms with Crippen LogP contribution in [0.1, 0.15) is 52.0 Å². The molecule has 0 atom stereocenters. The highest BCUT2D eigenvalue weighted by Crippen LogP contribution is 2.46. The summed E-state index contributed by atoms with van der Waals surface area (Å²) in [6.45, 7) is 3.90. The Kier molecular flexibility index (Phi) is 4.99. The Morgan fingerprint density at radius 1 is 1.19 bits per heavy atom. The van der Waals surface area contributed by atoms with E-state index in [0.29, 0.717) is 28.7 Å². The third kappa shape index (κ3) is 3.76. The summed E-state index contributed by atoms with van der Waals surface area (Å²) in [6.07, 6.45) is 6.43. The van der Waals surface area contributed by atoms with Gasteiger partial charge in [0.15, 0.2) is 0 Å². The van der Waals surface area contributed by atoms with Crippen molar-refractivity contribution in [1.82, 2.24) is 0 Å². The van der Waals surface area contributed by atoms with Gasteiger partial charge in [-0.1, -0.05) is 12.2 Å². The molecule has 0 spiro atoms. The number of hydrogen-bond acceptors (Lipinski definition) is 5. The highest BCUT2D eigenvalue weighted by molar-refractivity contribution is 7.15. The van der Waals surface area contributed by atoms with Crippen LogP contribution in [0.5, 0.6) is 0 Å². The summed E-state index contributed by atoms with van der Waals surface area (Å²) in [5.41, 5.74) is 3.20. The number of hydrogen-bond donors (Lipinski definition) is 1. The summed E-state index contributed by atoms with van der Waals surface area (Å²) in [5.74, 6) is -0.150. The van der Waals surface area contributed by atoms with E-state index in [4.69, 9.17) is 4.74 Å². The van der Waals surface area contributed by atoms with E-state index in [-0.39, 0.29) is 11.9 Å². The van der Waals surface area contributed by atoms with Gasteiger partial charge in [0.2, 0.25) is 0 Å². The quantitative estimate of drug-likeness (QED) is 0.593. The lowest BCUT2D eigenvalue weighted by atomic mass is 10.1. The third-order valence-corrected chi connectivity index (χ3v) is 5.77. The van der Waals surface area contributed by atoms with E-state index >= 15 is 0 Å². The summed E-state index contributed by atoms with van der Waals surface area (Å²) >= 11 is 1.40. The molecular formula is C21H22N2O3S. The predicted molar refractivity (Wildman–Crippen MR) is 108 cm³/mol. The molecule has 1 fully saturated rings. The van der Waals surface area contributed by atoms with Gasteiger partial charge in [0.05, 0.1) is 12.2 Å². The maximum atomic E-state index is 12.7. The molecule has 1 aliphatic heterocycles. The molecule has 0 unspecified atom stereocenters. The zero-order valence-electron chi connectivity index (χ0n) is 15.2. The molecule has 1 N–H and O–H groups in total. The Hall–Kier alpha value is -2.60. The molecule has 4 rings (SSSR count). The van der Waals surface area contributed by atoms with Crippen LogP contribution in [0.2, 0.25) is 0 Å². The number of esters is 1. The first-order chi connectivity index (χ1) is 13.2. The summed E-state index contributed by atoms with van der Waals surface area (Å²) in [6, 6.07) is 7.56. The maximum Gasteiger partial charge on any atom is 0.341 e. The van der Waals surface area contributed by atoms with Crippen molar-refractivity contribution in [2.45, 2.75) is 25.7 Å². The van der Waals surface area contributed by atoms with Crippen LogP contribution in [0.4, 0.5) is 10.7 Å². The van der Waals surface area contributed by atoms with Gasteiger partial charge in [-0.2, -0.15) is 0 Å². The van der Waals surface area contributed by atoms with Gasteiger partial charge in [-0.3, -0.25) is 4.79 Å². The highest BCUT2D eigenvalue weighted by atomic mass is 32.1. The minimum absolute atomic E-state index is 0.212. The summed E-state index contributed by atoms with van der Waals surface area (Å²) in [7, 11) is 0.